The zero-order valence-corrected chi connectivity index (χ0v) is 20.7. The van der Waals surface area contributed by atoms with E-state index in [1.807, 2.05) is 12.3 Å². The number of methoxy groups -OCH3 is 1. The van der Waals surface area contributed by atoms with Crippen molar-refractivity contribution >= 4 is 10.9 Å². The van der Waals surface area contributed by atoms with Crippen molar-refractivity contribution in [2.24, 2.45) is 0 Å². The van der Waals surface area contributed by atoms with Crippen LogP contribution in [0.1, 0.15) is 62.5 Å². The summed E-state index contributed by atoms with van der Waals surface area (Å²) in [5.74, 6) is 1.33. The quantitative estimate of drug-likeness (QED) is 0.522. The van der Waals surface area contributed by atoms with Crippen LogP contribution in [0, 0.1) is 0 Å². The molecule has 5 nitrogen and oxygen atoms in total. The Bertz CT molecular complexity index is 1130. The van der Waals surface area contributed by atoms with Gasteiger partial charge in [-0.15, -0.1) is 0 Å². The van der Waals surface area contributed by atoms with Gasteiger partial charge in [0.15, 0.2) is 0 Å². The molecule has 0 atom stereocenters. The highest BCUT2D eigenvalue weighted by atomic mass is 16.5. The fourth-order valence-electron chi connectivity index (χ4n) is 6.46. The number of hydrogen-bond donors (Lipinski definition) is 1. The molecule has 180 valence electrons. The molecule has 2 saturated heterocycles. The molecule has 3 aromatic rings. The highest BCUT2D eigenvalue weighted by Gasteiger charge is 2.34. The zero-order chi connectivity index (χ0) is 23.1. The second-order valence-corrected chi connectivity index (χ2v) is 10.5. The summed E-state index contributed by atoms with van der Waals surface area (Å²) in [7, 11) is 1.67. The molecular weight excluding hydrogens is 420 g/mol. The van der Waals surface area contributed by atoms with Gasteiger partial charge < -0.3 is 19.5 Å². The van der Waals surface area contributed by atoms with Crippen molar-refractivity contribution in [2.75, 3.05) is 33.3 Å². The number of aromatic amines is 1. The monoisotopic (exact) mass is 458 g/mol. The van der Waals surface area contributed by atoms with E-state index in [2.05, 4.69) is 51.0 Å². The number of piperidine rings is 2. The molecule has 3 aliphatic rings. The van der Waals surface area contributed by atoms with Crippen molar-refractivity contribution in [3.05, 3.63) is 47.7 Å². The van der Waals surface area contributed by atoms with E-state index < -0.39 is 0 Å². The van der Waals surface area contributed by atoms with E-state index in [0.717, 1.165) is 24.1 Å². The Hall–Kier alpha value is -2.37. The van der Waals surface area contributed by atoms with Crippen LogP contribution >= 0.6 is 0 Å². The molecule has 1 aliphatic carbocycles. The summed E-state index contributed by atoms with van der Waals surface area (Å²) in [4.78, 5) is 13.5. The normalized spacial score (nSPS) is 21.4. The van der Waals surface area contributed by atoms with Gasteiger partial charge in [0.1, 0.15) is 0 Å². The first-order valence-electron chi connectivity index (χ1n) is 13.4. The van der Waals surface area contributed by atoms with E-state index in [4.69, 9.17) is 4.74 Å². The van der Waals surface area contributed by atoms with Crippen molar-refractivity contribution in [3.63, 3.8) is 0 Å². The lowest BCUT2D eigenvalue weighted by molar-refractivity contribution is 0.0844. The summed E-state index contributed by atoms with van der Waals surface area (Å²) >= 11 is 0. The van der Waals surface area contributed by atoms with Gasteiger partial charge in [0.05, 0.1) is 7.11 Å². The van der Waals surface area contributed by atoms with Crippen LogP contribution in [0.5, 0.6) is 5.88 Å². The van der Waals surface area contributed by atoms with Crippen molar-refractivity contribution in [1.29, 1.82) is 0 Å². The van der Waals surface area contributed by atoms with Gasteiger partial charge in [-0.25, -0.2) is 4.98 Å². The third-order valence-corrected chi connectivity index (χ3v) is 8.60. The van der Waals surface area contributed by atoms with E-state index in [1.54, 1.807) is 7.11 Å². The first-order chi connectivity index (χ1) is 16.7. The Morgan fingerprint density at radius 2 is 1.62 bits per heavy atom. The molecule has 2 aromatic heterocycles. The van der Waals surface area contributed by atoms with Crippen molar-refractivity contribution < 1.29 is 4.74 Å². The van der Waals surface area contributed by atoms with Crippen LogP contribution < -0.4 is 4.74 Å². The predicted molar refractivity (Wildman–Crippen MR) is 139 cm³/mol. The second-order valence-electron chi connectivity index (χ2n) is 10.5. The van der Waals surface area contributed by atoms with Gasteiger partial charge in [-0.3, -0.25) is 0 Å². The third kappa shape index (κ3) is 4.25. The number of rotatable bonds is 6. The van der Waals surface area contributed by atoms with Crippen LogP contribution in [0.15, 0.2) is 36.5 Å². The molecule has 0 radical (unpaired) electrons. The van der Waals surface area contributed by atoms with Gasteiger partial charge in [-0.1, -0.05) is 13.0 Å². The molecule has 6 rings (SSSR count). The summed E-state index contributed by atoms with van der Waals surface area (Å²) in [6, 6.07) is 13.0. The Morgan fingerprint density at radius 1 is 0.912 bits per heavy atom. The number of fused-ring (bicyclic) bond motifs is 1. The first-order valence-corrected chi connectivity index (χ1v) is 13.4. The third-order valence-electron chi connectivity index (χ3n) is 8.60. The molecule has 5 heteroatoms. The van der Waals surface area contributed by atoms with Crippen LogP contribution in [0.3, 0.4) is 0 Å². The fraction of sp³-hybridized carbons (Fsp3) is 0.552. The van der Waals surface area contributed by atoms with Gasteiger partial charge in [-0.2, -0.15) is 0 Å². The maximum atomic E-state index is 5.36. The summed E-state index contributed by atoms with van der Waals surface area (Å²) < 4.78 is 5.36. The molecule has 4 heterocycles. The van der Waals surface area contributed by atoms with E-state index in [1.165, 1.54) is 92.4 Å². The maximum Gasteiger partial charge on any atom is 0.213 e. The highest BCUT2D eigenvalue weighted by Crippen LogP contribution is 2.37. The number of nitrogens with zero attached hydrogens (tertiary/aromatic N) is 3. The van der Waals surface area contributed by atoms with Crippen molar-refractivity contribution in [3.8, 4) is 17.1 Å². The first kappa shape index (κ1) is 22.1. The molecule has 0 unspecified atom stereocenters. The number of benzene rings is 1. The zero-order valence-electron chi connectivity index (χ0n) is 20.7. The van der Waals surface area contributed by atoms with Crippen LogP contribution in [-0.2, 0) is 6.42 Å². The molecule has 1 aromatic carbocycles. The van der Waals surface area contributed by atoms with E-state index in [0.29, 0.717) is 11.8 Å². The van der Waals surface area contributed by atoms with Crippen LogP contribution in [0.2, 0.25) is 0 Å². The molecule has 2 aliphatic heterocycles. The van der Waals surface area contributed by atoms with Crippen LogP contribution in [0.4, 0.5) is 0 Å². The molecule has 0 amide bonds. The van der Waals surface area contributed by atoms with Gasteiger partial charge in [-0.05, 0) is 106 Å². The Kier molecular flexibility index (Phi) is 6.08. The van der Waals surface area contributed by atoms with E-state index in [9.17, 15) is 0 Å². The lowest BCUT2D eigenvalue weighted by Gasteiger charge is -2.42. The molecule has 34 heavy (non-hydrogen) atoms. The van der Waals surface area contributed by atoms with Gasteiger partial charge >= 0.3 is 0 Å². The average Bonchev–Trinajstić information content (AvgIpc) is 3.69. The minimum Gasteiger partial charge on any atom is -0.481 e. The van der Waals surface area contributed by atoms with Crippen molar-refractivity contribution in [2.45, 2.75) is 69.9 Å². The summed E-state index contributed by atoms with van der Waals surface area (Å²) in [6.07, 6.45) is 11.0. The Morgan fingerprint density at radius 3 is 2.29 bits per heavy atom. The average molecular weight is 459 g/mol. The number of hydrogen-bond acceptors (Lipinski definition) is 4. The predicted octanol–water partition coefficient (Wildman–Crippen LogP) is 5.61. The van der Waals surface area contributed by atoms with Gasteiger partial charge in [0, 0.05) is 46.5 Å². The number of pyridine rings is 1. The van der Waals surface area contributed by atoms with Gasteiger partial charge in [0.2, 0.25) is 5.88 Å². The minimum absolute atomic E-state index is 0.656. The number of aromatic nitrogens is 2. The molecule has 0 bridgehead atoms. The van der Waals surface area contributed by atoms with Crippen LogP contribution in [0.25, 0.3) is 22.2 Å². The van der Waals surface area contributed by atoms with Gasteiger partial charge in [0.25, 0.3) is 0 Å². The number of nitrogens with one attached hydrogen (secondary N) is 1. The smallest absolute Gasteiger partial charge is 0.213 e. The maximum absolute atomic E-state index is 5.36. The summed E-state index contributed by atoms with van der Waals surface area (Å²) in [5.41, 5.74) is 6.48. The number of likely N-dealkylation sites (tertiary alicyclic amines) is 2. The van der Waals surface area contributed by atoms with E-state index in [-0.39, 0.29) is 0 Å². The SMILES string of the molecule is CCc1c(-c2ccnc(OC)c2)[nH]c2ccc(C3CCN(C4CCN(C5CC5)CC4)CC3)cc12. The number of aryl methyl sites for hydroxylation is 1. The molecule has 0 spiro atoms. The van der Waals surface area contributed by atoms with Crippen LogP contribution in [-0.4, -0.2) is 65.1 Å². The summed E-state index contributed by atoms with van der Waals surface area (Å²) in [6.45, 7) is 7.42. The topological polar surface area (TPSA) is 44.4 Å². The lowest BCUT2D eigenvalue weighted by Crippen LogP contribution is -2.47. The standard InChI is InChI=1S/C29H38N4O/c1-3-25-26-18-21(4-7-27(26)31-29(25)22-8-13-30-28(19-22)34-2)20-9-14-32(15-10-20)24-11-16-33(17-12-24)23-5-6-23/h4,7-8,13,18-20,23-24,31H,3,5-6,9-12,14-17H2,1-2H3. The number of H-pyrrole nitrogens is 1. The Balaban J connectivity index is 1.16. The Labute approximate surface area is 203 Å². The molecule has 1 N–H and O–H groups in total. The lowest BCUT2D eigenvalue weighted by atomic mass is 9.87. The molecular formula is C29H38N4O. The highest BCUT2D eigenvalue weighted by molar-refractivity contribution is 5.91. The second kappa shape index (κ2) is 9.35. The molecule has 1 saturated carbocycles. The fourth-order valence-corrected chi connectivity index (χ4v) is 6.46. The van der Waals surface area contributed by atoms with Crippen molar-refractivity contribution in [1.82, 2.24) is 19.8 Å². The summed E-state index contributed by atoms with van der Waals surface area (Å²) in [5, 5.41) is 1.38. The number of ether oxygens (including phenoxy) is 1. The largest absolute Gasteiger partial charge is 0.481 e. The minimum atomic E-state index is 0.656. The molecule has 3 fully saturated rings. The van der Waals surface area contributed by atoms with E-state index >= 15 is 0 Å².